The number of carboxylic acid groups (broad SMARTS) is 1. The van der Waals surface area contributed by atoms with Crippen molar-refractivity contribution in [3.63, 3.8) is 0 Å². The van der Waals surface area contributed by atoms with Gasteiger partial charge in [0, 0.05) is 18.4 Å². The van der Waals surface area contributed by atoms with Crippen LogP contribution in [0.1, 0.15) is 18.4 Å². The van der Waals surface area contributed by atoms with E-state index in [1.54, 1.807) is 0 Å². The summed E-state index contributed by atoms with van der Waals surface area (Å²) in [6.45, 7) is 0. The number of aliphatic carboxylic acids is 1. The molecular weight excluding hydrogens is 249 g/mol. The summed E-state index contributed by atoms with van der Waals surface area (Å²) < 4.78 is 44.2. The molecule has 1 N–H and O–H groups in total. The molecule has 0 aliphatic heterocycles. The quantitative estimate of drug-likeness (QED) is 0.908. The molecule has 0 atom stereocenters. The molecule has 0 unspecified atom stereocenters. The van der Waals surface area contributed by atoms with Gasteiger partial charge in [0.15, 0.2) is 0 Å². The van der Waals surface area contributed by atoms with Crippen molar-refractivity contribution in [1.82, 2.24) is 0 Å². The molecule has 0 amide bonds. The maximum absolute atomic E-state index is 13.2. The lowest BCUT2D eigenvalue weighted by Gasteiger charge is -2.44. The van der Waals surface area contributed by atoms with Crippen LogP contribution in [0.5, 0.6) is 5.75 Å². The van der Waals surface area contributed by atoms with Crippen LogP contribution in [0.4, 0.5) is 13.2 Å². The highest BCUT2D eigenvalue weighted by Crippen LogP contribution is 2.55. The van der Waals surface area contributed by atoms with Crippen molar-refractivity contribution >= 4 is 5.97 Å². The normalized spacial score (nSPS) is 20.0. The highest BCUT2D eigenvalue weighted by atomic mass is 19.3. The fourth-order valence-electron chi connectivity index (χ4n) is 2.34. The van der Waals surface area contributed by atoms with Crippen LogP contribution in [0.3, 0.4) is 0 Å². The Balaban J connectivity index is 2.51. The topological polar surface area (TPSA) is 46.5 Å². The molecule has 1 fully saturated rings. The summed E-state index contributed by atoms with van der Waals surface area (Å²) >= 11 is 0. The molecule has 0 saturated heterocycles. The minimum atomic E-state index is -3.03. The molecule has 18 heavy (non-hydrogen) atoms. The van der Waals surface area contributed by atoms with E-state index >= 15 is 0 Å². The van der Waals surface area contributed by atoms with Gasteiger partial charge in [-0.25, -0.2) is 13.2 Å². The highest BCUT2D eigenvalue weighted by Gasteiger charge is 2.63. The molecule has 0 spiro atoms. The van der Waals surface area contributed by atoms with E-state index in [0.717, 1.165) is 12.1 Å². The Morgan fingerprint density at radius 2 is 2.00 bits per heavy atom. The van der Waals surface area contributed by atoms with Gasteiger partial charge in [-0.1, -0.05) is 0 Å². The SMILES string of the molecule is COc1ccc(F)cc1C1(C(=O)O)CC(F)(F)C1. The number of methoxy groups -OCH3 is 1. The molecule has 1 aromatic carbocycles. The third-order valence-corrected chi connectivity index (χ3v) is 3.21. The molecular formula is C12H11F3O3. The van der Waals surface area contributed by atoms with Crippen LogP contribution < -0.4 is 4.74 Å². The first-order valence-electron chi connectivity index (χ1n) is 5.26. The van der Waals surface area contributed by atoms with Gasteiger partial charge in [-0.15, -0.1) is 0 Å². The summed E-state index contributed by atoms with van der Waals surface area (Å²) in [7, 11) is 1.28. The zero-order valence-corrected chi connectivity index (χ0v) is 9.54. The molecule has 1 aromatic rings. The predicted octanol–water partition coefficient (Wildman–Crippen LogP) is 2.59. The van der Waals surface area contributed by atoms with E-state index in [4.69, 9.17) is 9.84 Å². The van der Waals surface area contributed by atoms with Gasteiger partial charge in [-0.05, 0) is 18.2 Å². The largest absolute Gasteiger partial charge is 0.496 e. The number of ether oxygens (including phenoxy) is 1. The highest BCUT2D eigenvalue weighted by molar-refractivity contribution is 5.84. The van der Waals surface area contributed by atoms with Gasteiger partial charge in [-0.2, -0.15) is 0 Å². The Labute approximate surface area is 101 Å². The molecule has 0 aromatic heterocycles. The lowest BCUT2D eigenvalue weighted by Crippen LogP contribution is -2.54. The second-order valence-electron chi connectivity index (χ2n) is 4.44. The standard InChI is InChI=1S/C12H11F3O3/c1-18-9-3-2-7(13)4-8(9)11(10(16)17)5-12(14,15)6-11/h2-4H,5-6H2,1H3,(H,16,17). The third kappa shape index (κ3) is 1.81. The average molecular weight is 260 g/mol. The second kappa shape index (κ2) is 3.90. The second-order valence-corrected chi connectivity index (χ2v) is 4.44. The number of hydrogen-bond donors (Lipinski definition) is 1. The van der Waals surface area contributed by atoms with Crippen molar-refractivity contribution < 1.29 is 27.8 Å². The molecule has 1 saturated carbocycles. The number of carbonyl (C=O) groups is 1. The summed E-state index contributed by atoms with van der Waals surface area (Å²) in [6.07, 6.45) is -1.68. The van der Waals surface area contributed by atoms with E-state index in [9.17, 15) is 18.0 Å². The lowest BCUT2D eigenvalue weighted by molar-refractivity contribution is -0.174. The monoisotopic (exact) mass is 260 g/mol. The molecule has 1 aliphatic rings. The molecule has 1 aliphatic carbocycles. The summed E-state index contributed by atoms with van der Waals surface area (Å²) in [5.74, 6) is -5.00. The summed E-state index contributed by atoms with van der Waals surface area (Å²) in [4.78, 5) is 11.3. The summed E-state index contributed by atoms with van der Waals surface area (Å²) in [5.41, 5.74) is -1.81. The van der Waals surface area contributed by atoms with Gasteiger partial charge in [0.25, 0.3) is 5.92 Å². The fraction of sp³-hybridized carbons (Fsp3) is 0.417. The van der Waals surface area contributed by atoms with Crippen molar-refractivity contribution in [1.29, 1.82) is 0 Å². The first-order chi connectivity index (χ1) is 8.31. The minimum absolute atomic E-state index is 0.0385. The van der Waals surface area contributed by atoms with E-state index in [1.165, 1.54) is 13.2 Å². The summed E-state index contributed by atoms with van der Waals surface area (Å²) in [5, 5.41) is 9.17. The zero-order valence-electron chi connectivity index (χ0n) is 9.54. The number of hydrogen-bond acceptors (Lipinski definition) is 2. The van der Waals surface area contributed by atoms with Crippen molar-refractivity contribution in [2.45, 2.75) is 24.2 Å². The Hall–Kier alpha value is -1.72. The van der Waals surface area contributed by atoms with Gasteiger partial charge in [0.2, 0.25) is 0 Å². The molecule has 0 bridgehead atoms. The first kappa shape index (κ1) is 12.7. The van der Waals surface area contributed by atoms with E-state index in [-0.39, 0.29) is 11.3 Å². The Morgan fingerprint density at radius 1 is 1.39 bits per heavy atom. The van der Waals surface area contributed by atoms with E-state index in [1.807, 2.05) is 0 Å². The number of carboxylic acids is 1. The minimum Gasteiger partial charge on any atom is -0.496 e. The smallest absolute Gasteiger partial charge is 0.314 e. The summed E-state index contributed by atoms with van der Waals surface area (Å²) in [6, 6.07) is 3.28. The average Bonchev–Trinajstić information content (AvgIpc) is 2.24. The maximum atomic E-state index is 13.2. The van der Waals surface area contributed by atoms with Crippen LogP contribution in [0, 0.1) is 5.82 Å². The maximum Gasteiger partial charge on any atom is 0.314 e. The Bertz CT molecular complexity index is 491. The van der Waals surface area contributed by atoms with Crippen molar-refractivity contribution in [3.8, 4) is 5.75 Å². The van der Waals surface area contributed by atoms with Crippen molar-refractivity contribution in [3.05, 3.63) is 29.6 Å². The van der Waals surface area contributed by atoms with Gasteiger partial charge < -0.3 is 9.84 Å². The van der Waals surface area contributed by atoms with Crippen LogP contribution in [0.15, 0.2) is 18.2 Å². The van der Waals surface area contributed by atoms with Crippen LogP contribution in [-0.4, -0.2) is 24.1 Å². The molecule has 0 heterocycles. The third-order valence-electron chi connectivity index (χ3n) is 3.21. The zero-order chi connectivity index (χ0) is 13.6. The van der Waals surface area contributed by atoms with Crippen LogP contribution in [0.25, 0.3) is 0 Å². The molecule has 3 nitrogen and oxygen atoms in total. The molecule has 2 rings (SSSR count). The Kier molecular flexibility index (Phi) is 2.76. The number of halogens is 3. The van der Waals surface area contributed by atoms with Gasteiger partial charge in [-0.3, -0.25) is 4.79 Å². The Morgan fingerprint density at radius 3 is 2.44 bits per heavy atom. The van der Waals surface area contributed by atoms with Gasteiger partial charge >= 0.3 is 5.97 Å². The predicted molar refractivity (Wildman–Crippen MR) is 56.4 cm³/mol. The van der Waals surface area contributed by atoms with E-state index in [2.05, 4.69) is 0 Å². The van der Waals surface area contributed by atoms with Crippen molar-refractivity contribution in [2.75, 3.05) is 7.11 Å². The van der Waals surface area contributed by atoms with Gasteiger partial charge in [0.05, 0.1) is 7.11 Å². The van der Waals surface area contributed by atoms with Crippen LogP contribution in [-0.2, 0) is 10.2 Å². The van der Waals surface area contributed by atoms with E-state index < -0.39 is 36.0 Å². The van der Waals surface area contributed by atoms with Crippen LogP contribution >= 0.6 is 0 Å². The molecule has 98 valence electrons. The molecule has 0 radical (unpaired) electrons. The van der Waals surface area contributed by atoms with Crippen LogP contribution in [0.2, 0.25) is 0 Å². The van der Waals surface area contributed by atoms with Gasteiger partial charge in [0.1, 0.15) is 17.0 Å². The number of alkyl halides is 2. The molecule has 6 heteroatoms. The number of rotatable bonds is 3. The first-order valence-corrected chi connectivity index (χ1v) is 5.26. The van der Waals surface area contributed by atoms with E-state index in [0.29, 0.717) is 0 Å². The number of benzene rings is 1. The lowest BCUT2D eigenvalue weighted by atomic mass is 9.62. The van der Waals surface area contributed by atoms with Crippen molar-refractivity contribution in [2.24, 2.45) is 0 Å². The fourth-order valence-corrected chi connectivity index (χ4v) is 2.34.